The summed E-state index contributed by atoms with van der Waals surface area (Å²) in [7, 11) is 0. The van der Waals surface area contributed by atoms with Crippen molar-refractivity contribution in [3.8, 4) is 0 Å². The number of ether oxygens (including phenoxy) is 10. The number of hydrogen-bond donors (Lipinski definition) is 8. The maximum absolute atomic E-state index is 11.4. The molecule has 0 aliphatic carbocycles. The zero-order valence-corrected chi connectivity index (χ0v) is 65.2. The summed E-state index contributed by atoms with van der Waals surface area (Å²) in [6.07, 6.45) is -0.732. The summed E-state index contributed by atoms with van der Waals surface area (Å²) in [5.41, 5.74) is 0. The smallest absolute Gasteiger partial charge is 0.330 e. The molecule has 0 aromatic heterocycles. The number of halogens is 7. The summed E-state index contributed by atoms with van der Waals surface area (Å²) in [6, 6.07) is 0. The van der Waals surface area contributed by atoms with Gasteiger partial charge in [-0.25, -0.2) is 14.4 Å². The Morgan fingerprint density at radius 2 is 0.742 bits per heavy atom. The first-order valence-corrected chi connectivity index (χ1v) is 32.3. The van der Waals surface area contributed by atoms with Gasteiger partial charge in [0.15, 0.2) is 18.0 Å². The molecule has 0 saturated carbocycles. The Morgan fingerprint density at radius 3 is 0.989 bits per heavy atom. The van der Waals surface area contributed by atoms with Gasteiger partial charge in [0.1, 0.15) is 84.9 Å². The van der Waals surface area contributed by atoms with Gasteiger partial charge in [-0.05, 0) is 122 Å². The normalized spacial score (nSPS) is 14.3. The van der Waals surface area contributed by atoms with Gasteiger partial charge in [-0.3, -0.25) is 33.6 Å². The fourth-order valence-corrected chi connectivity index (χ4v) is 4.16. The van der Waals surface area contributed by atoms with Crippen molar-refractivity contribution in [2.24, 2.45) is 0 Å². The summed E-state index contributed by atoms with van der Waals surface area (Å²) in [5, 5.41) is 69.6. The number of Topliss-reactive ketones (excluding diaryl/α,β-unsaturated/α-hetero) is 1. The highest BCUT2D eigenvalue weighted by molar-refractivity contribution is 9.11. The first kappa shape index (κ1) is 103. The van der Waals surface area contributed by atoms with Gasteiger partial charge in [0.2, 0.25) is 5.24 Å². The number of alkyl halides is 6. The quantitative estimate of drug-likeness (QED) is 0.0155. The minimum Gasteiger partial charge on any atom is -0.462 e. The van der Waals surface area contributed by atoms with Gasteiger partial charge in [-0.15, -0.1) is 0 Å². The van der Waals surface area contributed by atoms with E-state index in [1.54, 1.807) is 76.2 Å². The standard InChI is InChI=1S/3C10H15BrO5.2C7H13BrO4.C6H12O3.C5H9BrO.C3H3ClO/c1-4-8(13)15-5-7(12)6-16-9(14)10(2,3)11;1-4-8(13)16-7(5-12)6-15-9(14)10(2,3)11;1-4-8(13)15-6-7(5-12)16-9(14)10(2,3)11;1-7(2,8)6(11)12-4-5(10)3-9;1-7(2,8)6(11)12-5(3-9)4-10;1-6(2)8-4-5(3-7)9-6;1-4(7)5(2,3)6;1-2-3(4)5/h3*4,7,12H,1,5-6H2,2-3H3;2*5,9-10H,3-4H2,1-2H3;5,7H,3-4H2,1-2H3;1-3H3;2H,1H2. The second-order valence-corrected chi connectivity index (χ2v) is 33.8. The number of aliphatic hydroxyl groups excluding tert-OH is 8. The van der Waals surface area contributed by atoms with Crippen molar-refractivity contribution in [2.45, 2.75) is 172 Å². The minimum atomic E-state index is -1.04. The maximum atomic E-state index is 11.4. The molecule has 1 aliphatic rings. The lowest BCUT2D eigenvalue weighted by molar-refractivity contribution is -0.160. The maximum Gasteiger partial charge on any atom is 0.330 e. The number of aliphatic hydroxyl groups is 8. The monoisotopic (exact) mass is 1750 g/mol. The molecule has 0 amide bonds. The molecule has 0 radical (unpaired) electrons. The Hall–Kier alpha value is -3.17. The van der Waals surface area contributed by atoms with Crippen molar-refractivity contribution in [1.82, 2.24) is 0 Å². The third kappa shape index (κ3) is 65.9. The van der Waals surface area contributed by atoms with Crippen LogP contribution in [0.15, 0.2) is 50.6 Å². The Bertz CT molecular complexity index is 2240. The van der Waals surface area contributed by atoms with Crippen LogP contribution in [0.5, 0.6) is 0 Å². The molecule has 0 aromatic rings. The zero-order chi connectivity index (χ0) is 75.1. The fraction of sp³-hybridized carbons (Fsp3) is 0.690. The molecule has 93 heavy (non-hydrogen) atoms. The Labute approximate surface area is 599 Å². The second-order valence-electron chi connectivity index (χ2n) is 21.5. The number of hydrogen-bond acceptors (Lipinski definition) is 28. The van der Waals surface area contributed by atoms with Crippen LogP contribution in [0.25, 0.3) is 0 Å². The number of ketones is 1. The molecule has 1 rings (SSSR count). The highest BCUT2D eigenvalue weighted by Crippen LogP contribution is 2.23. The molecule has 0 aromatic carbocycles. The van der Waals surface area contributed by atoms with Gasteiger partial charge < -0.3 is 88.2 Å². The van der Waals surface area contributed by atoms with Crippen LogP contribution in [0.1, 0.15) is 104 Å². The number of esters is 8. The van der Waals surface area contributed by atoms with Crippen molar-refractivity contribution >= 4 is 166 Å². The van der Waals surface area contributed by atoms with E-state index in [9.17, 15) is 53.1 Å². The molecule has 28 nitrogen and oxygen atoms in total. The predicted molar refractivity (Wildman–Crippen MR) is 364 cm³/mol. The molecule has 0 spiro atoms. The zero-order valence-electron chi connectivity index (χ0n) is 55.0. The van der Waals surface area contributed by atoms with E-state index in [-0.39, 0.29) is 69.1 Å². The topological polar surface area (TPSA) is 425 Å². The molecular weight excluding hydrogens is 1660 g/mol. The van der Waals surface area contributed by atoms with E-state index in [1.165, 1.54) is 0 Å². The van der Waals surface area contributed by atoms with Crippen LogP contribution in [-0.2, 0) is 95.3 Å². The molecular formula is C58H95Br6ClO28. The number of rotatable bonds is 29. The summed E-state index contributed by atoms with van der Waals surface area (Å²) >= 11 is 23.4. The van der Waals surface area contributed by atoms with E-state index in [0.29, 0.717) is 6.61 Å². The van der Waals surface area contributed by atoms with Crippen LogP contribution in [0.3, 0.4) is 0 Å². The van der Waals surface area contributed by atoms with Crippen LogP contribution in [0, 0.1) is 0 Å². The van der Waals surface area contributed by atoms with E-state index in [0.717, 1.165) is 24.3 Å². The SMILES string of the molecule is C=CC(=O)Cl.C=CC(=O)OC(CO)COC(=O)C(C)(C)Br.C=CC(=O)OCC(CO)OC(=O)C(C)(C)Br.C=CC(=O)OCC(O)COC(=O)C(C)(C)Br.CC(=O)C(C)(C)Br.CC(C)(Br)C(=O)OC(CO)CO.CC(C)(Br)C(=O)OCC(O)CO.CC1(C)OCC(CO)O1. The first-order valence-electron chi connectivity index (χ1n) is 27.2. The van der Waals surface area contributed by atoms with E-state index < -0.39 is 131 Å². The van der Waals surface area contributed by atoms with E-state index in [4.69, 9.17) is 80.5 Å². The summed E-state index contributed by atoms with van der Waals surface area (Å²) < 4.78 is 43.9. The first-order chi connectivity index (χ1) is 42.0. The number of carbonyl (C=O) groups is 10. The minimum absolute atomic E-state index is 0.0451. The third-order valence-electron chi connectivity index (χ3n) is 9.09. The van der Waals surface area contributed by atoms with E-state index >= 15 is 0 Å². The van der Waals surface area contributed by atoms with Crippen LogP contribution in [0.2, 0.25) is 0 Å². The highest BCUT2D eigenvalue weighted by atomic mass is 79.9. The van der Waals surface area contributed by atoms with Gasteiger partial charge in [0, 0.05) is 18.2 Å². The van der Waals surface area contributed by atoms with Crippen LogP contribution in [0.4, 0.5) is 0 Å². The lowest BCUT2D eigenvalue weighted by Crippen LogP contribution is -2.35. The molecule has 544 valence electrons. The molecule has 1 aliphatic heterocycles. The molecule has 8 N–H and O–H groups in total. The molecule has 5 atom stereocenters. The molecule has 1 heterocycles. The average Bonchev–Trinajstić information content (AvgIpc) is 1.92. The molecule has 1 fully saturated rings. The summed E-state index contributed by atoms with van der Waals surface area (Å²) in [6.45, 7) is 35.4. The van der Waals surface area contributed by atoms with Gasteiger partial charge in [0.25, 0.3) is 0 Å². The van der Waals surface area contributed by atoms with Crippen LogP contribution in [-0.4, -0.2) is 247 Å². The fourth-order valence-electron chi connectivity index (χ4n) is 3.63. The highest BCUT2D eigenvalue weighted by Gasteiger charge is 2.33. The van der Waals surface area contributed by atoms with Crippen molar-refractivity contribution in [1.29, 1.82) is 0 Å². The summed E-state index contributed by atoms with van der Waals surface area (Å²) in [5.74, 6) is -4.78. The Balaban J connectivity index is -0.000000185. The van der Waals surface area contributed by atoms with Crippen molar-refractivity contribution < 1.29 is 136 Å². The van der Waals surface area contributed by atoms with E-state index in [2.05, 4.69) is 136 Å². The summed E-state index contributed by atoms with van der Waals surface area (Å²) in [4.78, 5) is 108. The number of carbonyl (C=O) groups excluding carboxylic acids is 10. The molecule has 1 saturated heterocycles. The Kier molecular flexibility index (Phi) is 59.8. The van der Waals surface area contributed by atoms with Crippen LogP contribution < -0.4 is 0 Å². The van der Waals surface area contributed by atoms with Crippen molar-refractivity contribution in [2.75, 3.05) is 79.3 Å². The van der Waals surface area contributed by atoms with Crippen LogP contribution >= 0.6 is 107 Å². The average molecular weight is 1760 g/mol. The lowest BCUT2D eigenvalue weighted by atomic mass is 10.1. The van der Waals surface area contributed by atoms with Gasteiger partial charge in [-0.1, -0.05) is 122 Å². The lowest BCUT2D eigenvalue weighted by Gasteiger charge is -2.20. The van der Waals surface area contributed by atoms with Crippen molar-refractivity contribution in [3.05, 3.63) is 50.6 Å². The van der Waals surface area contributed by atoms with Gasteiger partial charge in [-0.2, -0.15) is 0 Å². The Morgan fingerprint density at radius 1 is 0.462 bits per heavy atom. The second kappa shape index (κ2) is 53.8. The largest absolute Gasteiger partial charge is 0.462 e. The molecule has 0 bridgehead atoms. The van der Waals surface area contributed by atoms with Gasteiger partial charge >= 0.3 is 47.8 Å². The van der Waals surface area contributed by atoms with E-state index in [1.807, 2.05) is 27.7 Å². The molecule has 35 heteroatoms. The van der Waals surface area contributed by atoms with Crippen molar-refractivity contribution in [3.63, 3.8) is 0 Å². The third-order valence-corrected chi connectivity index (χ3v) is 11.4. The predicted octanol–water partition coefficient (Wildman–Crippen LogP) is 5.31. The van der Waals surface area contributed by atoms with Gasteiger partial charge in [0.05, 0.1) is 50.6 Å². The number of allylic oxidation sites excluding steroid dienone is 1. The molecule has 5 unspecified atom stereocenters.